The molecule has 3 aromatic carbocycles. The largest absolute Gasteiger partial charge is 0.493 e. The van der Waals surface area contributed by atoms with Gasteiger partial charge in [0.25, 0.3) is 5.69 Å². The van der Waals surface area contributed by atoms with Gasteiger partial charge >= 0.3 is 0 Å². The van der Waals surface area contributed by atoms with Crippen LogP contribution >= 0.6 is 23.2 Å². The highest BCUT2D eigenvalue weighted by atomic mass is 35.5. The molecule has 0 radical (unpaired) electrons. The van der Waals surface area contributed by atoms with Crippen molar-refractivity contribution in [1.82, 2.24) is 0 Å². The molecule has 0 aliphatic carbocycles. The molecule has 0 spiro atoms. The normalized spacial score (nSPS) is 10.4. The molecule has 0 aliphatic rings. The molecule has 150 valence electrons. The van der Waals surface area contributed by atoms with E-state index in [1.807, 2.05) is 18.2 Å². The number of nitrogens with one attached hydrogen (secondary N) is 1. The summed E-state index contributed by atoms with van der Waals surface area (Å²) in [5.41, 5.74) is 2.64. The summed E-state index contributed by atoms with van der Waals surface area (Å²) in [6, 6.07) is 17.2. The van der Waals surface area contributed by atoms with Crippen LogP contribution in [0, 0.1) is 10.1 Å². The Bertz CT molecular complexity index is 993. The summed E-state index contributed by atoms with van der Waals surface area (Å²) >= 11 is 12.3. The van der Waals surface area contributed by atoms with E-state index in [2.05, 4.69) is 5.32 Å². The monoisotopic (exact) mass is 432 g/mol. The van der Waals surface area contributed by atoms with Gasteiger partial charge in [0.15, 0.2) is 11.5 Å². The molecule has 3 aromatic rings. The molecule has 0 unspecified atom stereocenters. The minimum Gasteiger partial charge on any atom is -0.493 e. The highest BCUT2D eigenvalue weighted by Crippen LogP contribution is 2.37. The number of benzene rings is 3. The molecular formula is C21H18Cl2N2O4. The number of hydrogen-bond acceptors (Lipinski definition) is 5. The molecule has 0 amide bonds. The average Bonchev–Trinajstić information content (AvgIpc) is 2.72. The Morgan fingerprint density at radius 3 is 2.31 bits per heavy atom. The second kappa shape index (κ2) is 9.49. The summed E-state index contributed by atoms with van der Waals surface area (Å²) in [6.07, 6.45) is 0. The van der Waals surface area contributed by atoms with Crippen LogP contribution in [0.5, 0.6) is 11.5 Å². The Morgan fingerprint density at radius 1 is 1.00 bits per heavy atom. The minimum atomic E-state index is -0.433. The molecule has 0 saturated heterocycles. The van der Waals surface area contributed by atoms with Crippen LogP contribution in [0.2, 0.25) is 10.0 Å². The zero-order valence-electron chi connectivity index (χ0n) is 15.5. The van der Waals surface area contributed by atoms with Crippen molar-refractivity contribution in [2.75, 3.05) is 12.4 Å². The minimum absolute atomic E-state index is 0.0439. The first-order chi connectivity index (χ1) is 14.0. The molecule has 0 heterocycles. The van der Waals surface area contributed by atoms with Gasteiger partial charge < -0.3 is 14.8 Å². The molecule has 3 rings (SSSR count). The maximum Gasteiger partial charge on any atom is 0.269 e. The van der Waals surface area contributed by atoms with Crippen LogP contribution in [0.1, 0.15) is 11.1 Å². The second-order valence-corrected chi connectivity index (χ2v) is 7.03. The average molecular weight is 433 g/mol. The van der Waals surface area contributed by atoms with Gasteiger partial charge in [-0.3, -0.25) is 10.1 Å². The fraction of sp³-hybridized carbons (Fsp3) is 0.143. The highest BCUT2D eigenvalue weighted by Gasteiger charge is 2.13. The van der Waals surface area contributed by atoms with Crippen LogP contribution in [-0.2, 0) is 13.2 Å². The fourth-order valence-electron chi connectivity index (χ4n) is 2.66. The molecule has 6 nitrogen and oxygen atoms in total. The Labute approximate surface area is 178 Å². The first-order valence-electron chi connectivity index (χ1n) is 8.68. The Morgan fingerprint density at radius 2 is 1.69 bits per heavy atom. The lowest BCUT2D eigenvalue weighted by Crippen LogP contribution is -2.03. The van der Waals surface area contributed by atoms with Gasteiger partial charge in [-0.05, 0) is 47.5 Å². The number of non-ortho nitro benzene ring substituents is 1. The van der Waals surface area contributed by atoms with Crippen molar-refractivity contribution in [2.45, 2.75) is 13.2 Å². The van der Waals surface area contributed by atoms with Gasteiger partial charge in [-0.2, -0.15) is 0 Å². The molecule has 0 bridgehead atoms. The third-order valence-electron chi connectivity index (χ3n) is 4.16. The maximum atomic E-state index is 10.7. The summed E-state index contributed by atoms with van der Waals surface area (Å²) in [4.78, 5) is 10.3. The van der Waals surface area contributed by atoms with Crippen molar-refractivity contribution in [3.05, 3.63) is 92.0 Å². The van der Waals surface area contributed by atoms with Gasteiger partial charge in [0.2, 0.25) is 0 Å². The van der Waals surface area contributed by atoms with Gasteiger partial charge in [0.05, 0.1) is 17.1 Å². The number of methoxy groups -OCH3 is 1. The number of ether oxygens (including phenoxy) is 2. The lowest BCUT2D eigenvalue weighted by molar-refractivity contribution is -0.384. The van der Waals surface area contributed by atoms with Gasteiger partial charge in [0.1, 0.15) is 6.61 Å². The van der Waals surface area contributed by atoms with E-state index < -0.39 is 4.92 Å². The van der Waals surface area contributed by atoms with Crippen LogP contribution in [0.3, 0.4) is 0 Å². The van der Waals surface area contributed by atoms with Gasteiger partial charge in [-0.25, -0.2) is 0 Å². The van der Waals surface area contributed by atoms with E-state index in [1.165, 1.54) is 12.1 Å². The van der Waals surface area contributed by atoms with Crippen molar-refractivity contribution in [2.24, 2.45) is 0 Å². The lowest BCUT2D eigenvalue weighted by Gasteiger charge is -2.15. The Hall–Kier alpha value is -2.96. The number of nitro groups is 1. The Kier molecular flexibility index (Phi) is 6.80. The molecule has 0 aliphatic heterocycles. The predicted molar refractivity (Wildman–Crippen MR) is 114 cm³/mol. The SMILES string of the molecule is COc1cc(CNc2ccc([N+](=O)[O-])cc2)cc(Cl)c1OCc1ccc(Cl)cc1. The highest BCUT2D eigenvalue weighted by molar-refractivity contribution is 6.32. The number of anilines is 1. The van der Waals surface area contributed by atoms with E-state index in [-0.39, 0.29) is 5.69 Å². The molecule has 0 saturated carbocycles. The molecule has 8 heteroatoms. The van der Waals surface area contributed by atoms with Crippen LogP contribution in [0.25, 0.3) is 0 Å². The molecular weight excluding hydrogens is 415 g/mol. The number of rotatable bonds is 8. The topological polar surface area (TPSA) is 73.6 Å². The quantitative estimate of drug-likeness (QED) is 0.343. The van der Waals surface area contributed by atoms with Crippen LogP contribution in [-0.4, -0.2) is 12.0 Å². The standard InChI is InChI=1S/C21H18Cl2N2O4/c1-28-20-11-15(12-24-17-6-8-18(9-7-17)25(26)27)10-19(23)21(20)29-13-14-2-4-16(22)5-3-14/h2-11,24H,12-13H2,1H3. The second-order valence-electron chi connectivity index (χ2n) is 6.18. The van der Waals surface area contributed by atoms with E-state index in [0.717, 1.165) is 16.8 Å². The summed E-state index contributed by atoms with van der Waals surface area (Å²) < 4.78 is 11.3. The molecule has 0 aromatic heterocycles. The van der Waals surface area contributed by atoms with Crippen molar-refractivity contribution in [3.63, 3.8) is 0 Å². The van der Waals surface area contributed by atoms with Gasteiger partial charge in [0, 0.05) is 29.4 Å². The van der Waals surface area contributed by atoms with Gasteiger partial charge in [-0.15, -0.1) is 0 Å². The fourth-order valence-corrected chi connectivity index (χ4v) is 3.07. The van der Waals surface area contributed by atoms with Crippen LogP contribution < -0.4 is 14.8 Å². The van der Waals surface area contributed by atoms with E-state index in [9.17, 15) is 10.1 Å². The number of hydrogen-bond donors (Lipinski definition) is 1. The van der Waals surface area contributed by atoms with Crippen molar-refractivity contribution in [3.8, 4) is 11.5 Å². The number of nitrogens with zero attached hydrogens (tertiary/aromatic N) is 1. The van der Waals surface area contributed by atoms with E-state index in [1.54, 1.807) is 37.4 Å². The molecule has 0 fully saturated rings. The lowest BCUT2D eigenvalue weighted by atomic mass is 10.2. The first kappa shape index (κ1) is 20.8. The Balaban J connectivity index is 1.68. The zero-order valence-corrected chi connectivity index (χ0v) is 17.0. The third kappa shape index (κ3) is 5.53. The zero-order chi connectivity index (χ0) is 20.8. The summed E-state index contributed by atoms with van der Waals surface area (Å²) in [5.74, 6) is 0.982. The van der Waals surface area contributed by atoms with Crippen molar-refractivity contribution < 1.29 is 14.4 Å². The third-order valence-corrected chi connectivity index (χ3v) is 4.69. The number of nitro benzene ring substituents is 1. The summed E-state index contributed by atoms with van der Waals surface area (Å²) in [6.45, 7) is 0.791. The van der Waals surface area contributed by atoms with Crippen LogP contribution in [0.4, 0.5) is 11.4 Å². The predicted octanol–water partition coefficient (Wildman–Crippen LogP) is 6.10. The maximum absolute atomic E-state index is 10.7. The van der Waals surface area contributed by atoms with Crippen molar-refractivity contribution in [1.29, 1.82) is 0 Å². The molecule has 0 atom stereocenters. The first-order valence-corrected chi connectivity index (χ1v) is 9.44. The number of halogens is 2. The van der Waals surface area contributed by atoms with Gasteiger partial charge in [-0.1, -0.05) is 35.3 Å². The van der Waals surface area contributed by atoms with E-state index in [4.69, 9.17) is 32.7 Å². The van der Waals surface area contributed by atoms with E-state index >= 15 is 0 Å². The molecule has 29 heavy (non-hydrogen) atoms. The van der Waals surface area contributed by atoms with Crippen LogP contribution in [0.15, 0.2) is 60.7 Å². The summed E-state index contributed by atoms with van der Waals surface area (Å²) in [5, 5.41) is 15.0. The van der Waals surface area contributed by atoms with E-state index in [0.29, 0.717) is 34.7 Å². The smallest absolute Gasteiger partial charge is 0.269 e. The van der Waals surface area contributed by atoms with Crippen molar-refractivity contribution >= 4 is 34.6 Å². The summed E-state index contributed by atoms with van der Waals surface area (Å²) in [7, 11) is 1.55. The molecule has 1 N–H and O–H groups in total.